The van der Waals surface area contributed by atoms with Gasteiger partial charge < -0.3 is 9.88 Å². The number of para-hydroxylation sites is 2. The summed E-state index contributed by atoms with van der Waals surface area (Å²) in [4.78, 5) is 27.7. The minimum absolute atomic E-state index is 0. The van der Waals surface area contributed by atoms with Crippen LogP contribution in [0.4, 0.5) is 17.2 Å². The molecular weight excluding hydrogens is 856 g/mol. The maximum absolute atomic E-state index is 5.37. The third-order valence-electron chi connectivity index (χ3n) is 9.95. The second kappa shape index (κ2) is 15.0. The number of nitrogens with zero attached hydrogens (tertiary/aromatic N) is 6. The van der Waals surface area contributed by atoms with E-state index in [1.54, 1.807) is 0 Å². The summed E-state index contributed by atoms with van der Waals surface area (Å²) in [6.45, 7) is 8.71. The molecule has 0 spiro atoms. The summed E-state index contributed by atoms with van der Waals surface area (Å²) in [5.41, 5.74) is 10.0. The van der Waals surface area contributed by atoms with Crippen molar-refractivity contribution in [2.24, 2.45) is 0 Å². The van der Waals surface area contributed by atoms with Crippen molar-refractivity contribution in [1.82, 2.24) is 24.9 Å². The van der Waals surface area contributed by atoms with E-state index in [2.05, 4.69) is 154 Å². The first kappa shape index (κ1) is 36.0. The SMILES string of the molecule is CC(C)c1cc(C(C)C)nc(-c2cc(-c3[c-]c(N(c4ccccn4)c4cccc5ccccc45)ccc3)nc(-c3cccc4c3[n-]c3ccccc34)c2)n1.[Pt+2]. The van der Waals surface area contributed by atoms with Crippen molar-refractivity contribution in [1.29, 1.82) is 0 Å². The number of hydrogen-bond acceptors (Lipinski definition) is 5. The van der Waals surface area contributed by atoms with E-state index in [9.17, 15) is 0 Å². The van der Waals surface area contributed by atoms with Gasteiger partial charge in [0.2, 0.25) is 0 Å². The molecule has 9 aromatic rings. The molecule has 4 heterocycles. The van der Waals surface area contributed by atoms with Gasteiger partial charge in [-0.1, -0.05) is 119 Å². The monoisotopic (exact) mass is 893 g/mol. The smallest absolute Gasteiger partial charge is 0.656 e. The normalized spacial score (nSPS) is 11.5. The molecule has 0 aliphatic rings. The molecule has 0 bridgehead atoms. The molecule has 0 N–H and O–H groups in total. The fraction of sp³-hybridized carbons (Fsp3) is 0.125. The molecule has 4 aromatic heterocycles. The van der Waals surface area contributed by atoms with Gasteiger partial charge in [-0.3, -0.25) is 4.98 Å². The molecule has 6 nitrogen and oxygen atoms in total. The molecule has 0 fully saturated rings. The minimum Gasteiger partial charge on any atom is -0.656 e. The van der Waals surface area contributed by atoms with E-state index in [1.807, 2.05) is 30.5 Å². The number of rotatable bonds is 8. The topological polar surface area (TPSA) is 68.9 Å². The van der Waals surface area contributed by atoms with Crippen LogP contribution < -0.4 is 9.88 Å². The van der Waals surface area contributed by atoms with Crippen molar-refractivity contribution in [3.63, 3.8) is 0 Å². The number of benzene rings is 5. The zero-order valence-corrected chi connectivity index (χ0v) is 33.3. The zero-order valence-electron chi connectivity index (χ0n) is 31.0. The Labute approximate surface area is 335 Å². The molecule has 9 rings (SSSR count). The fourth-order valence-corrected chi connectivity index (χ4v) is 7.15. The Morgan fingerprint density at radius 2 is 1.27 bits per heavy atom. The number of hydrogen-bond donors (Lipinski definition) is 0. The standard InChI is InChI=1S/C48H38N6.Pt/c1-30(2)41-29-42(31(3)4)53-48(52-41)34-27-43(50-44(28-34)39-21-13-20-38-37-19-7-8-22-40(37)51-47(38)39)33-16-11-17-35(26-33)54(46-24-9-10-25-49-46)45-23-12-15-32-14-5-6-18-36(32)45;/h5-25,27-31H,1-4H3;/q-2;+2. The van der Waals surface area contributed by atoms with Crippen molar-refractivity contribution in [2.45, 2.75) is 39.5 Å². The molecule has 55 heavy (non-hydrogen) atoms. The molecule has 0 aliphatic heterocycles. The Hall–Kier alpha value is -5.97. The van der Waals surface area contributed by atoms with E-state index in [1.165, 1.54) is 0 Å². The van der Waals surface area contributed by atoms with Crippen LogP contribution in [0.15, 0.2) is 146 Å². The summed E-state index contributed by atoms with van der Waals surface area (Å²) in [6, 6.07) is 51.7. The Morgan fingerprint density at radius 3 is 2.05 bits per heavy atom. The van der Waals surface area contributed by atoms with Crippen LogP contribution in [0.25, 0.3) is 66.5 Å². The van der Waals surface area contributed by atoms with Crippen LogP contribution in [0.1, 0.15) is 50.9 Å². The van der Waals surface area contributed by atoms with Crippen LogP contribution in [0.2, 0.25) is 0 Å². The quantitative estimate of drug-likeness (QED) is 0.142. The van der Waals surface area contributed by atoms with E-state index in [-0.39, 0.29) is 32.9 Å². The number of fused-ring (bicyclic) bond motifs is 4. The Balaban J connectivity index is 0.00000427. The molecule has 0 unspecified atom stereocenters. The summed E-state index contributed by atoms with van der Waals surface area (Å²) < 4.78 is 0. The summed E-state index contributed by atoms with van der Waals surface area (Å²) in [6.07, 6.45) is 1.83. The van der Waals surface area contributed by atoms with E-state index in [0.717, 1.165) is 89.2 Å². The van der Waals surface area contributed by atoms with Gasteiger partial charge in [-0.05, 0) is 75.3 Å². The van der Waals surface area contributed by atoms with Crippen LogP contribution in [0.3, 0.4) is 0 Å². The predicted molar refractivity (Wildman–Crippen MR) is 221 cm³/mol. The van der Waals surface area contributed by atoms with Crippen LogP contribution in [0, 0.1) is 6.07 Å². The predicted octanol–water partition coefficient (Wildman–Crippen LogP) is 12.2. The average molecular weight is 894 g/mol. The number of anilines is 3. The summed E-state index contributed by atoms with van der Waals surface area (Å²) >= 11 is 0. The maximum Gasteiger partial charge on any atom is 2.00 e. The minimum atomic E-state index is 0. The van der Waals surface area contributed by atoms with E-state index in [4.69, 9.17) is 24.9 Å². The van der Waals surface area contributed by atoms with E-state index in [0.29, 0.717) is 5.82 Å². The Morgan fingerprint density at radius 1 is 0.600 bits per heavy atom. The number of aromatic nitrogens is 5. The van der Waals surface area contributed by atoms with Crippen LogP contribution in [-0.2, 0) is 21.1 Å². The fourth-order valence-electron chi connectivity index (χ4n) is 7.15. The van der Waals surface area contributed by atoms with Crippen molar-refractivity contribution in [2.75, 3.05) is 4.90 Å². The molecule has 7 heteroatoms. The van der Waals surface area contributed by atoms with Gasteiger partial charge >= 0.3 is 21.1 Å². The van der Waals surface area contributed by atoms with Gasteiger partial charge in [0, 0.05) is 28.5 Å². The molecule has 0 aliphatic carbocycles. The molecule has 0 atom stereocenters. The van der Waals surface area contributed by atoms with E-state index < -0.39 is 0 Å². The summed E-state index contributed by atoms with van der Waals surface area (Å²) in [5.74, 6) is 1.98. The van der Waals surface area contributed by atoms with Gasteiger partial charge in [-0.25, -0.2) is 15.0 Å². The summed E-state index contributed by atoms with van der Waals surface area (Å²) in [5, 5.41) is 4.51. The third kappa shape index (κ3) is 6.83. The third-order valence-corrected chi connectivity index (χ3v) is 9.95. The second-order valence-corrected chi connectivity index (χ2v) is 14.3. The van der Waals surface area contributed by atoms with Crippen molar-refractivity contribution < 1.29 is 21.1 Å². The zero-order chi connectivity index (χ0) is 36.8. The van der Waals surface area contributed by atoms with Crippen LogP contribution >= 0.6 is 0 Å². The molecule has 0 radical (unpaired) electrons. The van der Waals surface area contributed by atoms with Crippen molar-refractivity contribution in [3.05, 3.63) is 163 Å². The van der Waals surface area contributed by atoms with Gasteiger partial charge in [0.05, 0.1) is 11.4 Å². The van der Waals surface area contributed by atoms with Crippen molar-refractivity contribution in [3.8, 4) is 33.9 Å². The van der Waals surface area contributed by atoms with Crippen molar-refractivity contribution >= 4 is 49.8 Å². The number of pyridine rings is 2. The molecule has 270 valence electrons. The Kier molecular flexibility index (Phi) is 9.85. The van der Waals surface area contributed by atoms with Gasteiger partial charge in [0.15, 0.2) is 5.82 Å². The first-order valence-electron chi connectivity index (χ1n) is 18.5. The molecule has 5 aromatic carbocycles. The maximum atomic E-state index is 5.37. The first-order chi connectivity index (χ1) is 26.4. The molecule has 0 amide bonds. The van der Waals surface area contributed by atoms with E-state index >= 15 is 0 Å². The Bertz CT molecular complexity index is 2780. The first-order valence-corrected chi connectivity index (χ1v) is 18.5. The average Bonchev–Trinajstić information content (AvgIpc) is 3.60. The van der Waals surface area contributed by atoms with Crippen LogP contribution in [0.5, 0.6) is 0 Å². The van der Waals surface area contributed by atoms with Gasteiger partial charge in [0.25, 0.3) is 0 Å². The second-order valence-electron chi connectivity index (χ2n) is 14.3. The molecular formula is C48H38N6Pt. The van der Waals surface area contributed by atoms with Gasteiger partial charge in [0.1, 0.15) is 5.82 Å². The molecule has 0 saturated heterocycles. The summed E-state index contributed by atoms with van der Waals surface area (Å²) in [7, 11) is 0. The van der Waals surface area contributed by atoms with Gasteiger partial charge in [-0.15, -0.1) is 40.9 Å². The van der Waals surface area contributed by atoms with Crippen LogP contribution in [-0.4, -0.2) is 19.9 Å². The molecule has 0 saturated carbocycles. The van der Waals surface area contributed by atoms with Gasteiger partial charge in [-0.2, -0.15) is 0 Å². The largest absolute Gasteiger partial charge is 2.00 e.